The maximum Gasteiger partial charge on any atom is 0.0345 e. The van der Waals surface area contributed by atoms with Crippen LogP contribution in [0.15, 0.2) is 0 Å². The van der Waals surface area contributed by atoms with Gasteiger partial charge in [-0.1, -0.05) is 0 Å². The number of hydrogen-bond donors (Lipinski definition) is 1. The Morgan fingerprint density at radius 1 is 1.14 bits per heavy atom. The Morgan fingerprint density at radius 2 is 1.93 bits per heavy atom. The minimum atomic E-state index is 0.819. The number of likely N-dealkylation sites (N-methyl/N-ethyl adjacent to an activating group) is 1. The summed E-state index contributed by atoms with van der Waals surface area (Å²) in [6.07, 6.45) is 4.31. The van der Waals surface area contributed by atoms with E-state index in [0.29, 0.717) is 0 Å². The Labute approximate surface area is 86.4 Å². The fourth-order valence-corrected chi connectivity index (χ4v) is 2.73. The van der Waals surface area contributed by atoms with E-state index in [1.54, 1.807) is 0 Å². The zero-order valence-corrected chi connectivity index (χ0v) is 9.08. The molecular weight excluding hydrogens is 174 g/mol. The van der Waals surface area contributed by atoms with Crippen LogP contribution in [-0.4, -0.2) is 61.2 Å². The molecule has 80 valence electrons. The van der Waals surface area contributed by atoms with E-state index >= 15 is 0 Å². The van der Waals surface area contributed by atoms with Gasteiger partial charge in [-0.2, -0.15) is 0 Å². The largest absolute Gasteiger partial charge is 0.314 e. The Kier molecular flexibility index (Phi) is 2.26. The molecule has 1 aliphatic carbocycles. The number of rotatable bonds is 3. The normalized spacial score (nSPS) is 35.1. The summed E-state index contributed by atoms with van der Waals surface area (Å²) in [7, 11) is 2.31. The molecule has 14 heavy (non-hydrogen) atoms. The predicted molar refractivity (Wildman–Crippen MR) is 57.4 cm³/mol. The van der Waals surface area contributed by atoms with Gasteiger partial charge < -0.3 is 5.32 Å². The van der Waals surface area contributed by atoms with Gasteiger partial charge in [-0.25, -0.2) is 0 Å². The third-order valence-electron chi connectivity index (χ3n) is 4.17. The lowest BCUT2D eigenvalue weighted by Gasteiger charge is -2.39. The molecule has 2 aliphatic heterocycles. The van der Waals surface area contributed by atoms with Crippen LogP contribution in [0.2, 0.25) is 0 Å². The lowest BCUT2D eigenvalue weighted by molar-refractivity contribution is 0.127. The molecule has 1 N–H and O–H groups in total. The highest BCUT2D eigenvalue weighted by molar-refractivity contribution is 4.95. The molecule has 3 rings (SSSR count). The topological polar surface area (TPSA) is 18.5 Å². The average molecular weight is 195 g/mol. The Bertz CT molecular complexity index is 211. The number of hydrogen-bond acceptors (Lipinski definition) is 3. The molecule has 0 aromatic heterocycles. The smallest absolute Gasteiger partial charge is 0.0345 e. The summed E-state index contributed by atoms with van der Waals surface area (Å²) in [5, 5.41) is 3.36. The average Bonchev–Trinajstić information content (AvgIpc) is 2.81. The van der Waals surface area contributed by atoms with Crippen molar-refractivity contribution >= 4 is 0 Å². The first-order valence-corrected chi connectivity index (χ1v) is 6.01. The maximum absolute atomic E-state index is 3.36. The van der Waals surface area contributed by atoms with Crippen molar-refractivity contribution < 1.29 is 0 Å². The molecule has 0 aromatic rings. The van der Waals surface area contributed by atoms with Gasteiger partial charge in [0.2, 0.25) is 0 Å². The van der Waals surface area contributed by atoms with E-state index < -0.39 is 0 Å². The second-order valence-corrected chi connectivity index (χ2v) is 5.15. The second kappa shape index (κ2) is 3.47. The highest BCUT2D eigenvalue weighted by Crippen LogP contribution is 2.31. The minimum absolute atomic E-state index is 0.819. The summed E-state index contributed by atoms with van der Waals surface area (Å²) in [5.74, 6) is 0. The van der Waals surface area contributed by atoms with Crippen LogP contribution in [0.3, 0.4) is 0 Å². The van der Waals surface area contributed by atoms with Crippen molar-refractivity contribution in [2.75, 3.05) is 33.2 Å². The molecule has 0 spiro atoms. The SMILES string of the molecule is CN(C1CNC1)C1CCN(C2CC2)C1. The number of nitrogens with one attached hydrogen (secondary N) is 1. The van der Waals surface area contributed by atoms with Crippen LogP contribution in [0.4, 0.5) is 0 Å². The van der Waals surface area contributed by atoms with Crippen LogP contribution in [-0.2, 0) is 0 Å². The van der Waals surface area contributed by atoms with Crippen molar-refractivity contribution in [3.8, 4) is 0 Å². The summed E-state index contributed by atoms with van der Waals surface area (Å²) in [6.45, 7) is 5.09. The summed E-state index contributed by atoms with van der Waals surface area (Å²) in [5.41, 5.74) is 0. The molecule has 1 atom stereocenters. The maximum atomic E-state index is 3.36. The standard InChI is InChI=1S/C11H21N3/c1-13(11-6-12-7-11)10-4-5-14(8-10)9-2-3-9/h9-12H,2-8H2,1H3. The van der Waals surface area contributed by atoms with Crippen molar-refractivity contribution in [2.45, 2.75) is 37.4 Å². The van der Waals surface area contributed by atoms with Crippen LogP contribution < -0.4 is 5.32 Å². The molecule has 0 bridgehead atoms. The molecule has 0 amide bonds. The fourth-order valence-electron chi connectivity index (χ4n) is 2.73. The van der Waals surface area contributed by atoms with E-state index in [4.69, 9.17) is 0 Å². The third-order valence-corrected chi connectivity index (χ3v) is 4.17. The summed E-state index contributed by atoms with van der Waals surface area (Å²) in [4.78, 5) is 5.31. The van der Waals surface area contributed by atoms with E-state index in [2.05, 4.69) is 22.2 Å². The Morgan fingerprint density at radius 3 is 2.50 bits per heavy atom. The van der Waals surface area contributed by atoms with Crippen LogP contribution in [0, 0.1) is 0 Å². The molecule has 3 aliphatic rings. The number of nitrogens with zero attached hydrogens (tertiary/aromatic N) is 2. The zero-order chi connectivity index (χ0) is 9.54. The molecule has 2 saturated heterocycles. The predicted octanol–water partition coefficient (Wildman–Crippen LogP) is 0.127. The monoisotopic (exact) mass is 195 g/mol. The summed E-state index contributed by atoms with van der Waals surface area (Å²) < 4.78 is 0. The zero-order valence-electron chi connectivity index (χ0n) is 9.08. The van der Waals surface area contributed by atoms with Gasteiger partial charge in [-0.3, -0.25) is 9.80 Å². The minimum Gasteiger partial charge on any atom is -0.314 e. The van der Waals surface area contributed by atoms with E-state index in [1.165, 1.54) is 45.4 Å². The van der Waals surface area contributed by atoms with Crippen LogP contribution in [0.1, 0.15) is 19.3 Å². The summed E-state index contributed by atoms with van der Waals surface area (Å²) >= 11 is 0. The molecule has 1 saturated carbocycles. The van der Waals surface area contributed by atoms with Gasteiger partial charge in [0.25, 0.3) is 0 Å². The lowest BCUT2D eigenvalue weighted by atomic mass is 10.1. The molecule has 0 radical (unpaired) electrons. The van der Waals surface area contributed by atoms with Crippen molar-refractivity contribution in [2.24, 2.45) is 0 Å². The molecule has 3 heteroatoms. The second-order valence-electron chi connectivity index (χ2n) is 5.15. The highest BCUT2D eigenvalue weighted by atomic mass is 15.3. The van der Waals surface area contributed by atoms with Crippen LogP contribution >= 0.6 is 0 Å². The number of likely N-dealkylation sites (tertiary alicyclic amines) is 1. The van der Waals surface area contributed by atoms with E-state index in [-0.39, 0.29) is 0 Å². The van der Waals surface area contributed by atoms with Gasteiger partial charge in [0.15, 0.2) is 0 Å². The molecule has 0 aromatic carbocycles. The highest BCUT2D eigenvalue weighted by Gasteiger charge is 2.37. The van der Waals surface area contributed by atoms with Crippen molar-refractivity contribution in [1.29, 1.82) is 0 Å². The quantitative estimate of drug-likeness (QED) is 0.690. The van der Waals surface area contributed by atoms with Gasteiger partial charge in [0, 0.05) is 44.3 Å². The van der Waals surface area contributed by atoms with Crippen molar-refractivity contribution in [3.05, 3.63) is 0 Å². The molecule has 3 nitrogen and oxygen atoms in total. The van der Waals surface area contributed by atoms with Gasteiger partial charge in [0.1, 0.15) is 0 Å². The van der Waals surface area contributed by atoms with E-state index in [0.717, 1.165) is 18.1 Å². The molecule has 1 unspecified atom stereocenters. The van der Waals surface area contributed by atoms with Crippen molar-refractivity contribution in [3.63, 3.8) is 0 Å². The van der Waals surface area contributed by atoms with E-state index in [1.807, 2.05) is 0 Å². The van der Waals surface area contributed by atoms with Crippen molar-refractivity contribution in [1.82, 2.24) is 15.1 Å². The Hall–Kier alpha value is -0.120. The Balaban J connectivity index is 1.52. The fraction of sp³-hybridized carbons (Fsp3) is 1.00. The van der Waals surface area contributed by atoms with Gasteiger partial charge in [-0.15, -0.1) is 0 Å². The molecule has 3 fully saturated rings. The van der Waals surface area contributed by atoms with Gasteiger partial charge >= 0.3 is 0 Å². The van der Waals surface area contributed by atoms with Crippen LogP contribution in [0.5, 0.6) is 0 Å². The molecule has 2 heterocycles. The van der Waals surface area contributed by atoms with Crippen LogP contribution in [0.25, 0.3) is 0 Å². The first-order valence-electron chi connectivity index (χ1n) is 6.01. The summed E-state index contributed by atoms with van der Waals surface area (Å²) in [6, 6.07) is 2.62. The van der Waals surface area contributed by atoms with Gasteiger partial charge in [0.05, 0.1) is 0 Å². The van der Waals surface area contributed by atoms with Gasteiger partial charge in [-0.05, 0) is 26.3 Å². The first-order chi connectivity index (χ1) is 6.84. The molecular formula is C11H21N3. The first kappa shape index (κ1) is 9.13. The third kappa shape index (κ3) is 1.58. The lowest BCUT2D eigenvalue weighted by Crippen LogP contribution is -2.58. The van der Waals surface area contributed by atoms with E-state index in [9.17, 15) is 0 Å².